The fourth-order valence-electron chi connectivity index (χ4n) is 2.99. The third-order valence-corrected chi connectivity index (χ3v) is 5.42. The summed E-state index contributed by atoms with van der Waals surface area (Å²) in [6.45, 7) is 6.78. The highest BCUT2D eigenvalue weighted by molar-refractivity contribution is 7.99. The fourth-order valence-corrected chi connectivity index (χ4v) is 4.11. The number of ether oxygens (including phenoxy) is 1. The van der Waals surface area contributed by atoms with Crippen molar-refractivity contribution in [2.24, 2.45) is 5.92 Å². The summed E-state index contributed by atoms with van der Waals surface area (Å²) in [5.74, 6) is 0.669. The minimum Gasteiger partial charge on any atom is -0.378 e. The smallest absolute Gasteiger partial charge is 0.257 e. The van der Waals surface area contributed by atoms with Gasteiger partial charge in [-0.1, -0.05) is 18.7 Å². The quantitative estimate of drug-likeness (QED) is 0.750. The van der Waals surface area contributed by atoms with Crippen LogP contribution in [0.4, 0.5) is 0 Å². The minimum atomic E-state index is -0.150. The Balaban J connectivity index is 1.84. The van der Waals surface area contributed by atoms with Crippen molar-refractivity contribution < 1.29 is 9.53 Å². The van der Waals surface area contributed by atoms with Gasteiger partial charge in [0.2, 0.25) is 5.91 Å². The zero-order valence-corrected chi connectivity index (χ0v) is 13.8. The average Bonchev–Trinajstić information content (AvgIpc) is 2.55. The van der Waals surface area contributed by atoms with E-state index in [0.29, 0.717) is 45.0 Å². The molecule has 3 rings (SSSR count). The second kappa shape index (κ2) is 6.42. The molecule has 1 aromatic heterocycles. The molecule has 2 aliphatic rings. The van der Waals surface area contributed by atoms with Crippen LogP contribution in [-0.4, -0.2) is 52.4 Å². The molecule has 0 aromatic carbocycles. The molecule has 0 N–H and O–H groups in total. The molecule has 0 saturated carbocycles. The van der Waals surface area contributed by atoms with E-state index in [-0.39, 0.29) is 17.4 Å². The zero-order chi connectivity index (χ0) is 15.7. The molecule has 1 amide bonds. The van der Waals surface area contributed by atoms with Gasteiger partial charge in [0.25, 0.3) is 5.56 Å². The first kappa shape index (κ1) is 15.6. The van der Waals surface area contributed by atoms with Crippen molar-refractivity contribution in [1.29, 1.82) is 0 Å². The topological polar surface area (TPSA) is 64.4 Å². The first-order valence-electron chi connectivity index (χ1n) is 7.71. The highest BCUT2D eigenvalue weighted by atomic mass is 32.2. The van der Waals surface area contributed by atoms with Gasteiger partial charge in [0, 0.05) is 36.6 Å². The van der Waals surface area contributed by atoms with E-state index in [1.54, 1.807) is 4.57 Å². The van der Waals surface area contributed by atoms with Crippen LogP contribution >= 0.6 is 11.8 Å². The lowest BCUT2D eigenvalue weighted by Crippen LogP contribution is -2.47. The second-order valence-electron chi connectivity index (χ2n) is 5.67. The number of amides is 1. The summed E-state index contributed by atoms with van der Waals surface area (Å²) in [5.41, 5.74) is 1.57. The molecule has 120 valence electrons. The Morgan fingerprint density at radius 1 is 1.41 bits per heavy atom. The highest BCUT2D eigenvalue weighted by Crippen LogP contribution is 2.27. The van der Waals surface area contributed by atoms with E-state index in [4.69, 9.17) is 4.74 Å². The molecule has 2 aliphatic heterocycles. The Labute approximate surface area is 133 Å². The first-order valence-corrected chi connectivity index (χ1v) is 8.70. The van der Waals surface area contributed by atoms with Crippen LogP contribution in [0.25, 0.3) is 0 Å². The summed E-state index contributed by atoms with van der Waals surface area (Å²) in [4.78, 5) is 31.6. The molecule has 1 saturated heterocycles. The predicted octanol–water partition coefficient (Wildman–Crippen LogP) is 0.695. The van der Waals surface area contributed by atoms with Crippen molar-refractivity contribution in [3.8, 4) is 0 Å². The van der Waals surface area contributed by atoms with E-state index in [0.717, 1.165) is 16.4 Å². The Kier molecular flexibility index (Phi) is 4.54. The van der Waals surface area contributed by atoms with E-state index < -0.39 is 0 Å². The van der Waals surface area contributed by atoms with Crippen molar-refractivity contribution in [3.63, 3.8) is 0 Å². The third-order valence-electron chi connectivity index (χ3n) is 4.28. The minimum absolute atomic E-state index is 0.0111. The van der Waals surface area contributed by atoms with E-state index in [9.17, 15) is 9.59 Å². The molecule has 3 heterocycles. The Bertz CT molecular complexity index is 638. The van der Waals surface area contributed by atoms with E-state index in [1.165, 1.54) is 11.8 Å². The maximum absolute atomic E-state index is 12.6. The van der Waals surface area contributed by atoms with Gasteiger partial charge in [0.05, 0.1) is 19.1 Å². The van der Waals surface area contributed by atoms with Gasteiger partial charge in [-0.25, -0.2) is 4.98 Å². The lowest BCUT2D eigenvalue weighted by Gasteiger charge is -2.32. The average molecular weight is 323 g/mol. The lowest BCUT2D eigenvalue weighted by molar-refractivity contribution is -0.139. The maximum atomic E-state index is 12.6. The summed E-state index contributed by atoms with van der Waals surface area (Å²) in [6.07, 6.45) is 0.671. The molecule has 0 bridgehead atoms. The molecule has 1 fully saturated rings. The molecule has 1 unspecified atom stereocenters. The number of nitrogens with zero attached hydrogens (tertiary/aromatic N) is 3. The van der Waals surface area contributed by atoms with E-state index in [1.807, 2.05) is 18.7 Å². The van der Waals surface area contributed by atoms with Gasteiger partial charge in [-0.2, -0.15) is 0 Å². The second-order valence-corrected chi connectivity index (χ2v) is 6.66. The van der Waals surface area contributed by atoms with Crippen LogP contribution in [0.1, 0.15) is 18.2 Å². The van der Waals surface area contributed by atoms with Gasteiger partial charge >= 0.3 is 0 Å². The highest BCUT2D eigenvalue weighted by Gasteiger charge is 2.31. The van der Waals surface area contributed by atoms with Crippen LogP contribution in [-0.2, 0) is 22.5 Å². The standard InChI is InChI=1S/C15H21N3O3S/c1-3-12-10(2)16-15-18(14(12)20)8-11(9-22-15)13(19)17-4-6-21-7-5-17/h11H,3-9H2,1-2H3. The maximum Gasteiger partial charge on any atom is 0.257 e. The van der Waals surface area contributed by atoms with Crippen LogP contribution in [0.3, 0.4) is 0 Å². The van der Waals surface area contributed by atoms with Crippen LogP contribution in [0.5, 0.6) is 0 Å². The van der Waals surface area contributed by atoms with Gasteiger partial charge in [-0.3, -0.25) is 14.2 Å². The van der Waals surface area contributed by atoms with Crippen LogP contribution in [0.15, 0.2) is 9.95 Å². The number of aryl methyl sites for hydroxylation is 1. The van der Waals surface area contributed by atoms with Gasteiger partial charge in [0.15, 0.2) is 5.16 Å². The van der Waals surface area contributed by atoms with Gasteiger partial charge in [0.1, 0.15) is 0 Å². The van der Waals surface area contributed by atoms with Gasteiger partial charge in [-0.05, 0) is 13.3 Å². The first-order chi connectivity index (χ1) is 10.6. The number of hydrogen-bond donors (Lipinski definition) is 0. The van der Waals surface area contributed by atoms with Crippen molar-refractivity contribution >= 4 is 17.7 Å². The molecule has 0 radical (unpaired) electrons. The molecule has 0 spiro atoms. The molecular weight excluding hydrogens is 302 g/mol. The number of thioether (sulfide) groups is 1. The van der Waals surface area contributed by atoms with Crippen molar-refractivity contribution in [1.82, 2.24) is 14.5 Å². The third kappa shape index (κ3) is 2.79. The van der Waals surface area contributed by atoms with Crippen molar-refractivity contribution in [3.05, 3.63) is 21.6 Å². The van der Waals surface area contributed by atoms with Crippen LogP contribution < -0.4 is 5.56 Å². The fraction of sp³-hybridized carbons (Fsp3) is 0.667. The number of aromatic nitrogens is 2. The van der Waals surface area contributed by atoms with Crippen LogP contribution in [0.2, 0.25) is 0 Å². The Morgan fingerprint density at radius 2 is 2.14 bits per heavy atom. The molecule has 1 atom stereocenters. The number of carbonyl (C=O) groups is 1. The monoisotopic (exact) mass is 323 g/mol. The summed E-state index contributed by atoms with van der Waals surface area (Å²) in [5, 5.41) is 0.741. The van der Waals surface area contributed by atoms with Gasteiger partial charge < -0.3 is 9.64 Å². The number of morpholine rings is 1. The molecular formula is C15H21N3O3S. The molecule has 6 nitrogen and oxygen atoms in total. The molecule has 1 aromatic rings. The number of carbonyl (C=O) groups excluding carboxylic acids is 1. The molecule has 0 aliphatic carbocycles. The summed E-state index contributed by atoms with van der Waals surface area (Å²) in [7, 11) is 0. The number of rotatable bonds is 2. The Morgan fingerprint density at radius 3 is 2.82 bits per heavy atom. The van der Waals surface area contributed by atoms with Crippen LogP contribution in [0, 0.1) is 12.8 Å². The number of fused-ring (bicyclic) bond motifs is 1. The van der Waals surface area contributed by atoms with E-state index >= 15 is 0 Å². The molecule has 7 heteroatoms. The van der Waals surface area contributed by atoms with E-state index in [2.05, 4.69) is 4.98 Å². The summed E-state index contributed by atoms with van der Waals surface area (Å²) < 4.78 is 6.98. The summed E-state index contributed by atoms with van der Waals surface area (Å²) in [6, 6.07) is 0. The lowest BCUT2D eigenvalue weighted by atomic mass is 10.1. The van der Waals surface area contributed by atoms with Crippen molar-refractivity contribution in [2.75, 3.05) is 32.1 Å². The predicted molar refractivity (Wildman–Crippen MR) is 84.2 cm³/mol. The molecule has 22 heavy (non-hydrogen) atoms. The zero-order valence-electron chi connectivity index (χ0n) is 13.0. The Hall–Kier alpha value is -1.34. The largest absolute Gasteiger partial charge is 0.378 e. The SMILES string of the molecule is CCc1c(C)nc2n(c1=O)CC(C(=O)N1CCOCC1)CS2. The number of hydrogen-bond acceptors (Lipinski definition) is 5. The summed E-state index contributed by atoms with van der Waals surface area (Å²) >= 11 is 1.51. The normalized spacial score (nSPS) is 21.5. The van der Waals surface area contributed by atoms with Crippen molar-refractivity contribution in [2.45, 2.75) is 32.0 Å². The van der Waals surface area contributed by atoms with Gasteiger partial charge in [-0.15, -0.1) is 0 Å².